The first-order chi connectivity index (χ1) is 8.49. The van der Waals surface area contributed by atoms with E-state index in [1.165, 1.54) is 6.42 Å². The predicted molar refractivity (Wildman–Crippen MR) is 78.6 cm³/mol. The summed E-state index contributed by atoms with van der Waals surface area (Å²) in [4.78, 5) is 2.49. The third-order valence-electron chi connectivity index (χ3n) is 4.16. The minimum atomic E-state index is 0.385. The molecule has 18 heavy (non-hydrogen) atoms. The molecule has 0 bridgehead atoms. The number of hydrogen-bond donors (Lipinski definition) is 1. The number of phenolic OH excluding ortho intramolecular Hbond substituents is 1. The number of piperidine rings is 1. The summed E-state index contributed by atoms with van der Waals surface area (Å²) >= 11 is 3.38. The SMILES string of the molecule is CC1CC(C)C(C)N(Cc2cccc(Br)c2O)C1. The molecule has 1 fully saturated rings. The molecular formula is C15H22BrNO. The number of nitrogens with zero attached hydrogens (tertiary/aromatic N) is 1. The highest BCUT2D eigenvalue weighted by molar-refractivity contribution is 9.10. The lowest BCUT2D eigenvalue weighted by Crippen LogP contribution is -2.45. The van der Waals surface area contributed by atoms with Crippen LogP contribution in [0.15, 0.2) is 22.7 Å². The molecule has 0 aromatic heterocycles. The van der Waals surface area contributed by atoms with Gasteiger partial charge in [0, 0.05) is 24.7 Å². The fourth-order valence-electron chi connectivity index (χ4n) is 2.95. The quantitative estimate of drug-likeness (QED) is 0.891. The maximum Gasteiger partial charge on any atom is 0.134 e. The Kier molecular flexibility index (Phi) is 4.33. The van der Waals surface area contributed by atoms with Gasteiger partial charge in [0.1, 0.15) is 5.75 Å². The van der Waals surface area contributed by atoms with Crippen LogP contribution in [0.4, 0.5) is 0 Å². The van der Waals surface area contributed by atoms with Gasteiger partial charge in [0.15, 0.2) is 0 Å². The first-order valence-electron chi connectivity index (χ1n) is 6.69. The summed E-state index contributed by atoms with van der Waals surface area (Å²) in [7, 11) is 0. The molecule has 1 saturated heterocycles. The van der Waals surface area contributed by atoms with Crippen LogP contribution in [0, 0.1) is 11.8 Å². The van der Waals surface area contributed by atoms with E-state index >= 15 is 0 Å². The van der Waals surface area contributed by atoms with E-state index < -0.39 is 0 Å². The molecule has 1 aromatic rings. The van der Waals surface area contributed by atoms with Crippen LogP contribution in [0.3, 0.4) is 0 Å². The minimum absolute atomic E-state index is 0.385. The summed E-state index contributed by atoms with van der Waals surface area (Å²) in [6, 6.07) is 6.46. The Hall–Kier alpha value is -0.540. The molecule has 0 spiro atoms. The van der Waals surface area contributed by atoms with Crippen LogP contribution in [0.1, 0.15) is 32.8 Å². The zero-order chi connectivity index (χ0) is 13.3. The van der Waals surface area contributed by atoms with E-state index in [4.69, 9.17) is 0 Å². The average Bonchev–Trinajstić information content (AvgIpc) is 2.31. The molecular weight excluding hydrogens is 290 g/mol. The molecule has 2 rings (SSSR count). The Labute approximate surface area is 118 Å². The summed E-state index contributed by atoms with van der Waals surface area (Å²) in [6.45, 7) is 8.90. The summed E-state index contributed by atoms with van der Waals surface area (Å²) < 4.78 is 0.783. The van der Waals surface area contributed by atoms with Crippen molar-refractivity contribution in [2.75, 3.05) is 6.54 Å². The van der Waals surface area contributed by atoms with Gasteiger partial charge in [-0.2, -0.15) is 0 Å². The van der Waals surface area contributed by atoms with Gasteiger partial charge in [0.25, 0.3) is 0 Å². The van der Waals surface area contributed by atoms with Crippen molar-refractivity contribution in [3.63, 3.8) is 0 Å². The van der Waals surface area contributed by atoms with Crippen molar-refractivity contribution < 1.29 is 5.11 Å². The van der Waals surface area contributed by atoms with Crippen LogP contribution in [0.2, 0.25) is 0 Å². The Bertz CT molecular complexity index is 421. The highest BCUT2D eigenvalue weighted by Crippen LogP contribution is 2.32. The first-order valence-corrected chi connectivity index (χ1v) is 7.48. The number of aromatic hydroxyl groups is 1. The van der Waals surface area contributed by atoms with Gasteiger partial charge < -0.3 is 5.11 Å². The molecule has 1 aliphatic rings. The van der Waals surface area contributed by atoms with Crippen LogP contribution in [0.5, 0.6) is 5.75 Å². The molecule has 1 aliphatic heterocycles. The van der Waals surface area contributed by atoms with Crippen molar-refractivity contribution >= 4 is 15.9 Å². The standard InChI is InChI=1S/C15H22BrNO/c1-10-7-11(2)12(3)17(8-10)9-13-5-4-6-14(16)15(13)18/h4-6,10-12,18H,7-9H2,1-3H3. The number of halogens is 1. The van der Waals surface area contributed by atoms with Crippen molar-refractivity contribution in [3.8, 4) is 5.75 Å². The molecule has 3 heteroatoms. The van der Waals surface area contributed by atoms with Crippen molar-refractivity contribution in [2.45, 2.75) is 39.8 Å². The maximum atomic E-state index is 10.1. The van der Waals surface area contributed by atoms with Gasteiger partial charge in [-0.3, -0.25) is 4.90 Å². The molecule has 1 heterocycles. The van der Waals surface area contributed by atoms with Crippen molar-refractivity contribution in [3.05, 3.63) is 28.2 Å². The second-order valence-corrected chi connectivity index (χ2v) is 6.59. The molecule has 3 unspecified atom stereocenters. The number of para-hydroxylation sites is 1. The molecule has 1 aromatic carbocycles. The normalized spacial score (nSPS) is 29.4. The highest BCUT2D eigenvalue weighted by atomic mass is 79.9. The molecule has 0 aliphatic carbocycles. The van der Waals surface area contributed by atoms with Gasteiger partial charge in [0.2, 0.25) is 0 Å². The number of phenols is 1. The zero-order valence-electron chi connectivity index (χ0n) is 11.4. The van der Waals surface area contributed by atoms with E-state index in [1.807, 2.05) is 18.2 Å². The maximum absolute atomic E-state index is 10.1. The zero-order valence-corrected chi connectivity index (χ0v) is 12.9. The van der Waals surface area contributed by atoms with Gasteiger partial charge in [-0.05, 0) is 47.2 Å². The number of rotatable bonds is 2. The predicted octanol–water partition coefficient (Wildman–Crippen LogP) is 4.02. The molecule has 0 amide bonds. The van der Waals surface area contributed by atoms with Crippen molar-refractivity contribution in [1.82, 2.24) is 4.90 Å². The van der Waals surface area contributed by atoms with E-state index in [-0.39, 0.29) is 0 Å². The lowest BCUT2D eigenvalue weighted by atomic mass is 9.86. The monoisotopic (exact) mass is 311 g/mol. The van der Waals surface area contributed by atoms with E-state index in [1.54, 1.807) is 0 Å². The Balaban J connectivity index is 2.15. The van der Waals surface area contributed by atoms with E-state index in [2.05, 4.69) is 41.6 Å². The highest BCUT2D eigenvalue weighted by Gasteiger charge is 2.29. The molecule has 100 valence electrons. The van der Waals surface area contributed by atoms with E-state index in [9.17, 15) is 5.11 Å². The topological polar surface area (TPSA) is 23.5 Å². The van der Waals surface area contributed by atoms with Gasteiger partial charge in [-0.1, -0.05) is 26.0 Å². The summed E-state index contributed by atoms with van der Waals surface area (Å²) in [5.41, 5.74) is 1.01. The van der Waals surface area contributed by atoms with E-state index in [0.717, 1.165) is 35.0 Å². The molecule has 3 atom stereocenters. The van der Waals surface area contributed by atoms with Crippen molar-refractivity contribution in [2.24, 2.45) is 11.8 Å². The summed E-state index contributed by atoms with van der Waals surface area (Å²) in [5, 5.41) is 10.1. The summed E-state index contributed by atoms with van der Waals surface area (Å²) in [5.74, 6) is 1.85. The Morgan fingerprint density at radius 3 is 2.78 bits per heavy atom. The molecule has 0 saturated carbocycles. The second-order valence-electron chi connectivity index (χ2n) is 5.74. The number of hydrogen-bond acceptors (Lipinski definition) is 2. The third kappa shape index (κ3) is 2.89. The smallest absolute Gasteiger partial charge is 0.134 e. The molecule has 0 radical (unpaired) electrons. The van der Waals surface area contributed by atoms with Crippen molar-refractivity contribution in [1.29, 1.82) is 0 Å². The Morgan fingerprint density at radius 1 is 1.33 bits per heavy atom. The third-order valence-corrected chi connectivity index (χ3v) is 4.80. The number of likely N-dealkylation sites (tertiary alicyclic amines) is 1. The fourth-order valence-corrected chi connectivity index (χ4v) is 3.35. The average molecular weight is 312 g/mol. The van der Waals surface area contributed by atoms with Crippen LogP contribution < -0.4 is 0 Å². The van der Waals surface area contributed by atoms with Gasteiger partial charge >= 0.3 is 0 Å². The van der Waals surface area contributed by atoms with Crippen LogP contribution >= 0.6 is 15.9 Å². The minimum Gasteiger partial charge on any atom is -0.506 e. The number of benzene rings is 1. The van der Waals surface area contributed by atoms with Gasteiger partial charge in [0.05, 0.1) is 4.47 Å². The van der Waals surface area contributed by atoms with Gasteiger partial charge in [-0.15, -0.1) is 0 Å². The first kappa shape index (κ1) is 13.9. The molecule has 1 N–H and O–H groups in total. The van der Waals surface area contributed by atoms with E-state index in [0.29, 0.717) is 11.8 Å². The largest absolute Gasteiger partial charge is 0.506 e. The van der Waals surface area contributed by atoms with Gasteiger partial charge in [-0.25, -0.2) is 0 Å². The Morgan fingerprint density at radius 2 is 2.06 bits per heavy atom. The lowest BCUT2D eigenvalue weighted by molar-refractivity contribution is 0.0722. The van der Waals surface area contributed by atoms with Crippen LogP contribution in [-0.4, -0.2) is 22.6 Å². The second kappa shape index (κ2) is 5.62. The van der Waals surface area contributed by atoms with Crippen LogP contribution in [0.25, 0.3) is 0 Å². The lowest BCUT2D eigenvalue weighted by Gasteiger charge is -2.41. The molecule has 2 nitrogen and oxygen atoms in total. The van der Waals surface area contributed by atoms with Crippen LogP contribution in [-0.2, 0) is 6.54 Å². The fraction of sp³-hybridized carbons (Fsp3) is 0.600. The summed E-state index contributed by atoms with van der Waals surface area (Å²) in [6.07, 6.45) is 1.31.